The minimum absolute atomic E-state index is 0. The predicted octanol–water partition coefficient (Wildman–Crippen LogP) is 1.39. The SMILES string of the molecule is CN=C(NCCC1CC1)NC(C)CCS(C)(=O)=O.I. The number of halogens is 1. The summed E-state index contributed by atoms with van der Waals surface area (Å²) in [6.07, 6.45) is 5.78. The molecular formula is C12H26IN3O2S. The van der Waals surface area contributed by atoms with Gasteiger partial charge in [-0.15, -0.1) is 24.0 Å². The summed E-state index contributed by atoms with van der Waals surface area (Å²) in [7, 11) is -1.15. The summed E-state index contributed by atoms with van der Waals surface area (Å²) in [6.45, 7) is 2.90. The molecule has 1 unspecified atom stereocenters. The summed E-state index contributed by atoms with van der Waals surface area (Å²) >= 11 is 0. The molecule has 0 bridgehead atoms. The van der Waals surface area contributed by atoms with Crippen molar-refractivity contribution in [3.8, 4) is 0 Å². The fourth-order valence-corrected chi connectivity index (χ4v) is 2.47. The van der Waals surface area contributed by atoms with Gasteiger partial charge in [-0.25, -0.2) is 8.42 Å². The molecule has 1 saturated carbocycles. The molecule has 0 aromatic carbocycles. The normalized spacial score (nSPS) is 17.5. The number of aliphatic imine (C=N–C) groups is 1. The van der Waals surface area contributed by atoms with Gasteiger partial charge < -0.3 is 10.6 Å². The Kier molecular flexibility index (Phi) is 8.97. The van der Waals surface area contributed by atoms with E-state index in [0.717, 1.165) is 18.4 Å². The number of hydrogen-bond donors (Lipinski definition) is 2. The molecule has 0 aliphatic heterocycles. The topological polar surface area (TPSA) is 70.6 Å². The highest BCUT2D eigenvalue weighted by Gasteiger charge is 2.20. The molecule has 1 rings (SSSR count). The summed E-state index contributed by atoms with van der Waals surface area (Å²) < 4.78 is 22.1. The monoisotopic (exact) mass is 403 g/mol. The lowest BCUT2D eigenvalue weighted by Gasteiger charge is -2.17. The van der Waals surface area contributed by atoms with Crippen LogP contribution in [0.15, 0.2) is 4.99 Å². The summed E-state index contributed by atoms with van der Waals surface area (Å²) in [6, 6.07) is 0.104. The standard InChI is InChI=1S/C12H25N3O2S.HI/c1-10(7-9-18(3,16)17)15-12(13-2)14-8-6-11-4-5-11;/h10-11H,4-9H2,1-3H3,(H2,13,14,15);1H. The Hall–Kier alpha value is -0.0500. The molecule has 0 aromatic rings. The third-order valence-electron chi connectivity index (χ3n) is 3.07. The van der Waals surface area contributed by atoms with Crippen LogP contribution in [0.2, 0.25) is 0 Å². The van der Waals surface area contributed by atoms with Gasteiger partial charge in [-0.3, -0.25) is 4.99 Å². The number of guanidine groups is 1. The molecule has 0 saturated heterocycles. The van der Waals surface area contributed by atoms with Crippen LogP contribution in [-0.4, -0.2) is 46.0 Å². The second-order valence-corrected chi connectivity index (χ2v) is 7.45. The zero-order valence-corrected chi connectivity index (χ0v) is 15.1. The maximum Gasteiger partial charge on any atom is 0.191 e. The molecule has 1 fully saturated rings. The molecule has 0 heterocycles. The predicted molar refractivity (Wildman–Crippen MR) is 91.0 cm³/mol. The molecule has 1 aliphatic rings. The van der Waals surface area contributed by atoms with Gasteiger partial charge in [0.25, 0.3) is 0 Å². The first-order valence-corrected chi connectivity index (χ1v) is 8.61. The Bertz CT molecular complexity index is 380. The number of nitrogens with zero attached hydrogens (tertiary/aromatic N) is 1. The van der Waals surface area contributed by atoms with E-state index in [4.69, 9.17) is 0 Å². The smallest absolute Gasteiger partial charge is 0.191 e. The minimum Gasteiger partial charge on any atom is -0.356 e. The summed E-state index contributed by atoms with van der Waals surface area (Å²) in [5.74, 6) is 1.87. The molecule has 1 atom stereocenters. The van der Waals surface area contributed by atoms with Crippen molar-refractivity contribution in [3.05, 3.63) is 0 Å². The Morgan fingerprint density at radius 3 is 2.53 bits per heavy atom. The van der Waals surface area contributed by atoms with Crippen molar-refractivity contribution in [3.63, 3.8) is 0 Å². The van der Waals surface area contributed by atoms with Crippen molar-refractivity contribution in [1.29, 1.82) is 0 Å². The van der Waals surface area contributed by atoms with E-state index in [1.54, 1.807) is 7.05 Å². The van der Waals surface area contributed by atoms with Crippen molar-refractivity contribution in [2.24, 2.45) is 10.9 Å². The van der Waals surface area contributed by atoms with Crippen LogP contribution in [0.3, 0.4) is 0 Å². The Morgan fingerprint density at radius 1 is 1.42 bits per heavy atom. The van der Waals surface area contributed by atoms with Crippen LogP contribution >= 0.6 is 24.0 Å². The van der Waals surface area contributed by atoms with Crippen molar-refractivity contribution >= 4 is 39.8 Å². The maximum absolute atomic E-state index is 11.1. The van der Waals surface area contributed by atoms with Crippen molar-refractivity contribution in [2.75, 3.05) is 25.6 Å². The van der Waals surface area contributed by atoms with Gasteiger partial charge in [-0.1, -0.05) is 12.8 Å². The number of rotatable bonds is 7. The first kappa shape index (κ1) is 18.9. The molecule has 1 aliphatic carbocycles. The third-order valence-corrected chi connectivity index (χ3v) is 4.05. The van der Waals surface area contributed by atoms with E-state index in [1.165, 1.54) is 25.5 Å². The molecule has 19 heavy (non-hydrogen) atoms. The van der Waals surface area contributed by atoms with E-state index in [-0.39, 0.29) is 35.8 Å². The first-order valence-electron chi connectivity index (χ1n) is 6.55. The van der Waals surface area contributed by atoms with Crippen LogP contribution in [0.5, 0.6) is 0 Å². The van der Waals surface area contributed by atoms with E-state index in [0.29, 0.717) is 6.42 Å². The summed E-state index contributed by atoms with van der Waals surface area (Å²) in [4.78, 5) is 4.13. The second-order valence-electron chi connectivity index (χ2n) is 5.19. The number of sulfone groups is 1. The van der Waals surface area contributed by atoms with Crippen molar-refractivity contribution in [1.82, 2.24) is 10.6 Å². The highest BCUT2D eigenvalue weighted by Crippen LogP contribution is 2.31. The fraction of sp³-hybridized carbons (Fsp3) is 0.917. The maximum atomic E-state index is 11.1. The van der Waals surface area contributed by atoms with Crippen LogP contribution < -0.4 is 10.6 Å². The highest BCUT2D eigenvalue weighted by atomic mass is 127. The number of hydrogen-bond acceptors (Lipinski definition) is 3. The van der Waals surface area contributed by atoms with Gasteiger partial charge >= 0.3 is 0 Å². The Morgan fingerprint density at radius 2 is 2.05 bits per heavy atom. The van der Waals surface area contributed by atoms with Crippen LogP contribution in [0.1, 0.15) is 32.6 Å². The third kappa shape index (κ3) is 10.4. The Balaban J connectivity index is 0.00000324. The van der Waals surface area contributed by atoms with Crippen LogP contribution in [0.25, 0.3) is 0 Å². The van der Waals surface area contributed by atoms with E-state index in [1.807, 2.05) is 6.92 Å². The fourth-order valence-electron chi connectivity index (χ4n) is 1.69. The van der Waals surface area contributed by atoms with Crippen molar-refractivity contribution < 1.29 is 8.42 Å². The van der Waals surface area contributed by atoms with Gasteiger partial charge in [-0.2, -0.15) is 0 Å². The molecule has 5 nitrogen and oxygen atoms in total. The van der Waals surface area contributed by atoms with Gasteiger partial charge in [0, 0.05) is 25.9 Å². The van der Waals surface area contributed by atoms with E-state index < -0.39 is 9.84 Å². The van der Waals surface area contributed by atoms with Crippen LogP contribution in [-0.2, 0) is 9.84 Å². The lowest BCUT2D eigenvalue weighted by molar-refractivity contribution is 0.579. The average molecular weight is 403 g/mol. The van der Waals surface area contributed by atoms with E-state index in [2.05, 4.69) is 15.6 Å². The zero-order valence-electron chi connectivity index (χ0n) is 12.0. The molecule has 7 heteroatoms. The van der Waals surface area contributed by atoms with Crippen molar-refractivity contribution in [2.45, 2.75) is 38.6 Å². The van der Waals surface area contributed by atoms with Crippen LogP contribution in [0, 0.1) is 5.92 Å². The van der Waals surface area contributed by atoms with Gasteiger partial charge in [0.2, 0.25) is 0 Å². The van der Waals surface area contributed by atoms with E-state index >= 15 is 0 Å². The largest absolute Gasteiger partial charge is 0.356 e. The summed E-state index contributed by atoms with van der Waals surface area (Å²) in [5.41, 5.74) is 0. The molecule has 0 radical (unpaired) electrons. The molecule has 0 amide bonds. The highest BCUT2D eigenvalue weighted by molar-refractivity contribution is 14.0. The lowest BCUT2D eigenvalue weighted by atomic mass is 10.2. The summed E-state index contributed by atoms with van der Waals surface area (Å²) in [5, 5.41) is 6.47. The van der Waals surface area contributed by atoms with E-state index in [9.17, 15) is 8.42 Å². The molecular weight excluding hydrogens is 377 g/mol. The molecule has 114 valence electrons. The number of nitrogens with one attached hydrogen (secondary N) is 2. The second kappa shape index (κ2) is 8.99. The minimum atomic E-state index is -2.88. The molecule has 0 aromatic heterocycles. The van der Waals surface area contributed by atoms with Gasteiger partial charge in [-0.05, 0) is 25.7 Å². The van der Waals surface area contributed by atoms with Gasteiger partial charge in [0.15, 0.2) is 5.96 Å². The van der Waals surface area contributed by atoms with Gasteiger partial charge in [0.05, 0.1) is 5.75 Å². The molecule has 2 N–H and O–H groups in total. The first-order chi connectivity index (χ1) is 8.40. The lowest BCUT2D eigenvalue weighted by Crippen LogP contribution is -2.43. The quantitative estimate of drug-likeness (QED) is 0.383. The van der Waals surface area contributed by atoms with Gasteiger partial charge in [0.1, 0.15) is 9.84 Å². The van der Waals surface area contributed by atoms with Crippen LogP contribution in [0.4, 0.5) is 0 Å². The Labute approximate surface area is 134 Å². The average Bonchev–Trinajstić information content (AvgIpc) is 3.08. The molecule has 0 spiro atoms. The zero-order chi connectivity index (χ0) is 13.6.